The van der Waals surface area contributed by atoms with Gasteiger partial charge < -0.3 is 15.4 Å². The number of hydrogen-bond acceptors (Lipinski definition) is 3. The summed E-state index contributed by atoms with van der Waals surface area (Å²) in [5.74, 6) is 1.79. The molecule has 0 aliphatic carbocycles. The minimum Gasteiger partial charge on any atom is -0.494 e. The van der Waals surface area contributed by atoms with Gasteiger partial charge in [0, 0.05) is 32.4 Å². The van der Waals surface area contributed by atoms with Crippen molar-refractivity contribution in [1.82, 2.24) is 20.4 Å². The summed E-state index contributed by atoms with van der Waals surface area (Å²) in [7, 11) is 1.80. The summed E-state index contributed by atoms with van der Waals surface area (Å²) in [6.45, 7) is 9.61. The Labute approximate surface area is 163 Å². The predicted molar refractivity (Wildman–Crippen MR) is 112 cm³/mol. The van der Waals surface area contributed by atoms with Crippen molar-refractivity contribution in [3.05, 3.63) is 47.3 Å². The fourth-order valence-corrected chi connectivity index (χ4v) is 2.82. The number of aromatic nitrogens is 2. The van der Waals surface area contributed by atoms with E-state index in [0.29, 0.717) is 0 Å². The molecule has 0 unspecified atom stereocenters. The number of rotatable bonds is 10. The van der Waals surface area contributed by atoms with Crippen molar-refractivity contribution in [2.45, 2.75) is 46.6 Å². The molecule has 0 aliphatic rings. The Balaban J connectivity index is 1.52. The fraction of sp³-hybridized carbons (Fsp3) is 0.524. The van der Waals surface area contributed by atoms with Gasteiger partial charge in [0.25, 0.3) is 0 Å². The van der Waals surface area contributed by atoms with Gasteiger partial charge in [-0.25, -0.2) is 0 Å². The van der Waals surface area contributed by atoms with Crippen LogP contribution in [-0.2, 0) is 6.54 Å². The maximum absolute atomic E-state index is 5.75. The molecule has 1 aromatic carbocycles. The predicted octanol–water partition coefficient (Wildman–Crippen LogP) is 3.22. The molecule has 2 N–H and O–H groups in total. The second-order valence-corrected chi connectivity index (χ2v) is 6.80. The smallest absolute Gasteiger partial charge is 0.190 e. The van der Waals surface area contributed by atoms with Crippen LogP contribution in [0.1, 0.15) is 36.2 Å². The first-order valence-electron chi connectivity index (χ1n) is 9.73. The molecular formula is C21H33N5O. The first kappa shape index (κ1) is 20.8. The van der Waals surface area contributed by atoms with E-state index in [-0.39, 0.29) is 0 Å². The number of ether oxygens (including phenoxy) is 1. The lowest BCUT2D eigenvalue weighted by Gasteiger charge is -2.12. The van der Waals surface area contributed by atoms with Crippen LogP contribution in [0.25, 0.3) is 0 Å². The van der Waals surface area contributed by atoms with E-state index in [9.17, 15) is 0 Å². The quantitative estimate of drug-likeness (QED) is 0.382. The summed E-state index contributed by atoms with van der Waals surface area (Å²) in [6.07, 6.45) is 3.06. The van der Waals surface area contributed by atoms with E-state index in [4.69, 9.17) is 4.74 Å². The van der Waals surface area contributed by atoms with Crippen molar-refractivity contribution >= 4 is 5.96 Å². The molecule has 27 heavy (non-hydrogen) atoms. The zero-order valence-electron chi connectivity index (χ0n) is 17.1. The maximum Gasteiger partial charge on any atom is 0.190 e. The SMILES string of the molecule is CN=C(NCCCCOc1ccc(C)cc1)NCCCn1nc(C)cc1C. The summed E-state index contributed by atoms with van der Waals surface area (Å²) >= 11 is 0. The maximum atomic E-state index is 5.75. The molecule has 0 spiro atoms. The number of hydrogen-bond donors (Lipinski definition) is 2. The lowest BCUT2D eigenvalue weighted by molar-refractivity contribution is 0.307. The molecule has 0 radical (unpaired) electrons. The Hall–Kier alpha value is -2.50. The van der Waals surface area contributed by atoms with E-state index in [0.717, 1.165) is 62.9 Å². The van der Waals surface area contributed by atoms with Crippen LogP contribution in [-0.4, -0.2) is 42.5 Å². The molecule has 0 bridgehead atoms. The van der Waals surface area contributed by atoms with Gasteiger partial charge in [-0.15, -0.1) is 0 Å². The summed E-state index contributed by atoms with van der Waals surface area (Å²) in [6, 6.07) is 10.3. The van der Waals surface area contributed by atoms with Gasteiger partial charge in [-0.3, -0.25) is 9.67 Å². The number of benzene rings is 1. The number of nitrogens with one attached hydrogen (secondary N) is 2. The Morgan fingerprint density at radius 1 is 1.04 bits per heavy atom. The minimum absolute atomic E-state index is 0.736. The molecule has 0 amide bonds. The van der Waals surface area contributed by atoms with Crippen LogP contribution in [0, 0.1) is 20.8 Å². The number of aliphatic imine (C=N–C) groups is 1. The second-order valence-electron chi connectivity index (χ2n) is 6.80. The first-order chi connectivity index (χ1) is 13.1. The van der Waals surface area contributed by atoms with Crippen molar-refractivity contribution < 1.29 is 4.74 Å². The standard InChI is InChI=1S/C21H33N5O/c1-17-8-10-20(11-9-17)27-15-6-5-12-23-21(22-4)24-13-7-14-26-19(3)16-18(2)25-26/h8-11,16H,5-7,12-15H2,1-4H3,(H2,22,23,24). The third-order valence-corrected chi connectivity index (χ3v) is 4.32. The molecule has 0 fully saturated rings. The minimum atomic E-state index is 0.736. The molecule has 2 rings (SSSR count). The van der Waals surface area contributed by atoms with Crippen LogP contribution in [0.2, 0.25) is 0 Å². The molecule has 0 saturated heterocycles. The Morgan fingerprint density at radius 2 is 1.74 bits per heavy atom. The zero-order chi connectivity index (χ0) is 19.5. The van der Waals surface area contributed by atoms with Crippen molar-refractivity contribution in [2.75, 3.05) is 26.7 Å². The highest BCUT2D eigenvalue weighted by molar-refractivity contribution is 5.79. The molecule has 0 atom stereocenters. The van der Waals surface area contributed by atoms with Crippen LogP contribution in [0.4, 0.5) is 0 Å². The molecule has 6 nitrogen and oxygen atoms in total. The third-order valence-electron chi connectivity index (χ3n) is 4.32. The fourth-order valence-electron chi connectivity index (χ4n) is 2.82. The number of guanidine groups is 1. The van der Waals surface area contributed by atoms with E-state index in [1.54, 1.807) is 7.05 Å². The molecular weight excluding hydrogens is 338 g/mol. The highest BCUT2D eigenvalue weighted by Crippen LogP contribution is 2.11. The first-order valence-corrected chi connectivity index (χ1v) is 9.73. The molecule has 0 saturated carbocycles. The van der Waals surface area contributed by atoms with E-state index >= 15 is 0 Å². The molecule has 2 aromatic rings. The average molecular weight is 372 g/mol. The van der Waals surface area contributed by atoms with Crippen LogP contribution in [0.15, 0.2) is 35.3 Å². The van der Waals surface area contributed by atoms with E-state index in [1.165, 1.54) is 11.3 Å². The molecule has 1 aromatic heterocycles. The van der Waals surface area contributed by atoms with Gasteiger partial charge in [0.15, 0.2) is 5.96 Å². The highest BCUT2D eigenvalue weighted by atomic mass is 16.5. The van der Waals surface area contributed by atoms with Crippen LogP contribution in [0.3, 0.4) is 0 Å². The van der Waals surface area contributed by atoms with Gasteiger partial charge in [0.05, 0.1) is 12.3 Å². The van der Waals surface area contributed by atoms with Gasteiger partial charge in [0.1, 0.15) is 5.75 Å². The average Bonchev–Trinajstić information content (AvgIpc) is 2.98. The molecule has 148 valence electrons. The number of aryl methyl sites for hydroxylation is 4. The van der Waals surface area contributed by atoms with Gasteiger partial charge in [0.2, 0.25) is 0 Å². The van der Waals surface area contributed by atoms with Crippen molar-refractivity contribution in [3.8, 4) is 5.75 Å². The van der Waals surface area contributed by atoms with E-state index in [1.807, 2.05) is 19.1 Å². The van der Waals surface area contributed by atoms with Crippen LogP contribution in [0.5, 0.6) is 5.75 Å². The Kier molecular flexibility index (Phi) is 8.68. The van der Waals surface area contributed by atoms with E-state index in [2.05, 4.69) is 57.5 Å². The zero-order valence-corrected chi connectivity index (χ0v) is 17.1. The van der Waals surface area contributed by atoms with Crippen molar-refractivity contribution in [3.63, 3.8) is 0 Å². The molecule has 0 aliphatic heterocycles. The largest absolute Gasteiger partial charge is 0.494 e. The van der Waals surface area contributed by atoms with Crippen molar-refractivity contribution in [1.29, 1.82) is 0 Å². The van der Waals surface area contributed by atoms with Gasteiger partial charge in [-0.05, 0) is 58.2 Å². The second kappa shape index (κ2) is 11.3. The molecule has 1 heterocycles. The number of unbranched alkanes of at least 4 members (excludes halogenated alkanes) is 1. The Morgan fingerprint density at radius 3 is 2.37 bits per heavy atom. The topological polar surface area (TPSA) is 63.5 Å². The monoisotopic (exact) mass is 371 g/mol. The van der Waals surface area contributed by atoms with Gasteiger partial charge in [-0.1, -0.05) is 17.7 Å². The number of nitrogens with zero attached hydrogens (tertiary/aromatic N) is 3. The summed E-state index contributed by atoms with van der Waals surface area (Å²) in [5.41, 5.74) is 3.53. The summed E-state index contributed by atoms with van der Waals surface area (Å²) < 4.78 is 7.80. The lowest BCUT2D eigenvalue weighted by atomic mass is 10.2. The lowest BCUT2D eigenvalue weighted by Crippen LogP contribution is -2.38. The third kappa shape index (κ3) is 7.72. The summed E-state index contributed by atoms with van der Waals surface area (Å²) in [4.78, 5) is 4.27. The normalized spacial score (nSPS) is 11.5. The van der Waals surface area contributed by atoms with Crippen LogP contribution >= 0.6 is 0 Å². The van der Waals surface area contributed by atoms with Crippen LogP contribution < -0.4 is 15.4 Å². The Bertz CT molecular complexity index is 706. The van der Waals surface area contributed by atoms with E-state index < -0.39 is 0 Å². The summed E-state index contributed by atoms with van der Waals surface area (Å²) in [5, 5.41) is 11.2. The van der Waals surface area contributed by atoms with Gasteiger partial charge >= 0.3 is 0 Å². The van der Waals surface area contributed by atoms with Crippen molar-refractivity contribution in [2.24, 2.45) is 4.99 Å². The highest BCUT2D eigenvalue weighted by Gasteiger charge is 2.01. The van der Waals surface area contributed by atoms with Gasteiger partial charge in [-0.2, -0.15) is 5.10 Å². The molecule has 6 heteroatoms.